The van der Waals surface area contributed by atoms with E-state index in [1.54, 1.807) is 23.8 Å². The summed E-state index contributed by atoms with van der Waals surface area (Å²) in [5, 5.41) is 10.3. The summed E-state index contributed by atoms with van der Waals surface area (Å²) in [6.45, 7) is 4.90. The van der Waals surface area contributed by atoms with Crippen molar-refractivity contribution in [3.05, 3.63) is 76.9 Å². The van der Waals surface area contributed by atoms with Gasteiger partial charge in [0.25, 0.3) is 12.3 Å². The predicted octanol–water partition coefficient (Wildman–Crippen LogP) is 6.10. The zero-order chi connectivity index (χ0) is 30.0. The highest BCUT2D eigenvalue weighted by Gasteiger charge is 2.50. The van der Waals surface area contributed by atoms with Crippen molar-refractivity contribution in [3.8, 4) is 11.1 Å². The summed E-state index contributed by atoms with van der Waals surface area (Å²) in [6.07, 6.45) is 6.33. The van der Waals surface area contributed by atoms with Crippen LogP contribution in [0.15, 0.2) is 54.4 Å². The SMILES string of the molecule is Cc1c(-c2ccc(N3CCOCC3)cc2)cc(C(F)F)c2cn(C(C(=O)Nc3nccs3)c3ncn4c3CCC43CC3)nc12. The number of thiazole rings is 1. The molecule has 1 aliphatic carbocycles. The molecule has 2 aliphatic heterocycles. The quantitative estimate of drug-likeness (QED) is 0.238. The van der Waals surface area contributed by atoms with Crippen molar-refractivity contribution >= 4 is 39.0 Å². The molecule has 0 radical (unpaired) electrons. The van der Waals surface area contributed by atoms with Gasteiger partial charge in [-0.2, -0.15) is 5.10 Å². The fourth-order valence-corrected chi connectivity index (χ4v) is 7.38. The molecular formula is C32H31F2N7O2S. The smallest absolute Gasteiger partial charge is 0.264 e. The lowest BCUT2D eigenvalue weighted by Gasteiger charge is -2.29. The molecule has 5 aromatic rings. The number of aromatic nitrogens is 5. The highest BCUT2D eigenvalue weighted by Crippen LogP contribution is 2.53. The molecule has 1 saturated heterocycles. The first-order chi connectivity index (χ1) is 21.4. The number of carbonyl (C=O) groups is 1. The van der Waals surface area contributed by atoms with Crippen LogP contribution in [0.5, 0.6) is 0 Å². The number of amides is 1. The first-order valence-electron chi connectivity index (χ1n) is 14.9. The first-order valence-corrected chi connectivity index (χ1v) is 15.8. The molecule has 44 heavy (non-hydrogen) atoms. The Balaban J connectivity index is 1.22. The maximum absolute atomic E-state index is 14.6. The van der Waals surface area contributed by atoms with E-state index in [9.17, 15) is 13.6 Å². The number of aryl methyl sites for hydroxylation is 1. The lowest BCUT2D eigenvalue weighted by atomic mass is 9.95. The number of halogens is 2. The molecule has 1 amide bonds. The van der Waals surface area contributed by atoms with Crippen LogP contribution in [0, 0.1) is 6.92 Å². The van der Waals surface area contributed by atoms with Gasteiger partial charge in [0, 0.05) is 58.7 Å². The molecule has 2 aromatic carbocycles. The Morgan fingerprint density at radius 3 is 2.61 bits per heavy atom. The summed E-state index contributed by atoms with van der Waals surface area (Å²) in [5.74, 6) is -0.360. The summed E-state index contributed by atoms with van der Waals surface area (Å²) in [6, 6.07) is 8.60. The van der Waals surface area contributed by atoms with Gasteiger partial charge in [-0.3, -0.25) is 14.8 Å². The van der Waals surface area contributed by atoms with E-state index >= 15 is 0 Å². The lowest BCUT2D eigenvalue weighted by molar-refractivity contribution is -0.118. The van der Waals surface area contributed by atoms with Crippen LogP contribution >= 0.6 is 11.3 Å². The number of imidazole rings is 1. The largest absolute Gasteiger partial charge is 0.378 e. The van der Waals surface area contributed by atoms with Gasteiger partial charge in [-0.1, -0.05) is 12.1 Å². The fraction of sp³-hybridized carbons (Fsp3) is 0.375. The highest BCUT2D eigenvalue weighted by molar-refractivity contribution is 7.13. The molecule has 226 valence electrons. The average Bonchev–Trinajstić information content (AvgIpc) is 3.45. The van der Waals surface area contributed by atoms with Crippen molar-refractivity contribution in [2.75, 3.05) is 36.5 Å². The molecule has 1 saturated carbocycles. The van der Waals surface area contributed by atoms with Gasteiger partial charge in [0.1, 0.15) is 0 Å². The van der Waals surface area contributed by atoms with Gasteiger partial charge in [0.2, 0.25) is 0 Å². The van der Waals surface area contributed by atoms with E-state index in [0.29, 0.717) is 40.5 Å². The zero-order valence-corrected chi connectivity index (χ0v) is 25.0. The molecule has 8 rings (SSSR count). The van der Waals surface area contributed by atoms with Crippen LogP contribution in [0.2, 0.25) is 0 Å². The molecule has 0 bridgehead atoms. The van der Waals surface area contributed by atoms with Gasteiger partial charge in [0.05, 0.1) is 30.8 Å². The molecule has 12 heteroatoms. The van der Waals surface area contributed by atoms with E-state index in [2.05, 4.69) is 19.8 Å². The number of hydrogen-bond acceptors (Lipinski definition) is 7. The molecule has 1 unspecified atom stereocenters. The highest BCUT2D eigenvalue weighted by atomic mass is 32.1. The molecule has 2 fully saturated rings. The molecular weight excluding hydrogens is 584 g/mol. The molecule has 9 nitrogen and oxygen atoms in total. The minimum Gasteiger partial charge on any atom is -0.378 e. The molecule has 5 heterocycles. The van der Waals surface area contributed by atoms with Gasteiger partial charge in [-0.15, -0.1) is 11.3 Å². The third-order valence-electron chi connectivity index (χ3n) is 9.39. The number of benzene rings is 2. The number of alkyl halides is 2. The van der Waals surface area contributed by atoms with E-state index in [1.807, 2.05) is 37.5 Å². The number of rotatable bonds is 7. The van der Waals surface area contributed by atoms with Crippen LogP contribution in [0.3, 0.4) is 0 Å². The van der Waals surface area contributed by atoms with Crippen molar-refractivity contribution < 1.29 is 18.3 Å². The third kappa shape index (κ3) is 4.50. The van der Waals surface area contributed by atoms with Crippen molar-refractivity contribution in [3.63, 3.8) is 0 Å². The lowest BCUT2D eigenvalue weighted by Crippen LogP contribution is -2.36. The third-order valence-corrected chi connectivity index (χ3v) is 10.1. The summed E-state index contributed by atoms with van der Waals surface area (Å²) < 4.78 is 38.5. The fourth-order valence-electron chi connectivity index (χ4n) is 6.84. The Bertz CT molecular complexity index is 1860. The number of ether oxygens (including phenoxy) is 1. The maximum atomic E-state index is 14.6. The van der Waals surface area contributed by atoms with Crippen molar-refractivity contribution in [1.29, 1.82) is 0 Å². The van der Waals surface area contributed by atoms with Crippen molar-refractivity contribution in [2.24, 2.45) is 0 Å². The molecule has 1 atom stereocenters. The summed E-state index contributed by atoms with van der Waals surface area (Å²) >= 11 is 1.31. The Morgan fingerprint density at radius 2 is 1.91 bits per heavy atom. The number of fused-ring (bicyclic) bond motifs is 3. The number of hydrogen-bond donors (Lipinski definition) is 1. The number of carbonyl (C=O) groups excluding carboxylic acids is 1. The van der Waals surface area contributed by atoms with E-state index < -0.39 is 12.5 Å². The van der Waals surface area contributed by atoms with Crippen molar-refractivity contribution in [2.45, 2.75) is 50.6 Å². The van der Waals surface area contributed by atoms with Gasteiger partial charge in [-0.05, 0) is 67.5 Å². The van der Waals surface area contributed by atoms with Crippen molar-refractivity contribution in [1.82, 2.24) is 24.3 Å². The number of morpholine rings is 1. The van der Waals surface area contributed by atoms with Gasteiger partial charge >= 0.3 is 0 Å². The predicted molar refractivity (Wildman–Crippen MR) is 165 cm³/mol. The van der Waals surface area contributed by atoms with E-state index in [4.69, 9.17) is 14.8 Å². The number of anilines is 2. The second-order valence-electron chi connectivity index (χ2n) is 11.9. The van der Waals surface area contributed by atoms with E-state index in [1.165, 1.54) is 16.0 Å². The Labute approximate surface area is 256 Å². The monoisotopic (exact) mass is 615 g/mol. The van der Waals surface area contributed by atoms with Crippen LogP contribution < -0.4 is 10.2 Å². The summed E-state index contributed by atoms with van der Waals surface area (Å²) in [7, 11) is 0. The standard InChI is InChI=1S/C32H31F2N7O2S/c1-19-22(20-2-4-21(5-3-20)39-11-13-43-14-12-39)16-23(29(33)34)24-17-41(38-26(19)24)28(30(42)37-31-35-10-15-44-31)27-25-6-7-32(8-9-32)40(25)18-36-27/h2-5,10,15-18,28-29H,6-9,11-14H2,1H3,(H,35,37,42). The Kier molecular flexibility index (Phi) is 6.53. The second-order valence-corrected chi connectivity index (χ2v) is 12.8. The zero-order valence-electron chi connectivity index (χ0n) is 24.2. The Hall–Kier alpha value is -4.16. The normalized spacial score (nSPS) is 17.9. The second kappa shape index (κ2) is 10.5. The van der Waals surface area contributed by atoms with Gasteiger partial charge in [-0.25, -0.2) is 18.7 Å². The van der Waals surface area contributed by atoms with Crippen LogP contribution in [0.4, 0.5) is 19.6 Å². The summed E-state index contributed by atoms with van der Waals surface area (Å²) in [5.41, 5.74) is 5.41. The average molecular weight is 616 g/mol. The number of nitrogens with one attached hydrogen (secondary N) is 1. The summed E-state index contributed by atoms with van der Waals surface area (Å²) in [4.78, 5) is 25.1. The van der Waals surface area contributed by atoms with Crippen LogP contribution in [0.25, 0.3) is 22.0 Å². The molecule has 1 spiro atoms. The minimum absolute atomic E-state index is 0.109. The molecule has 1 N–H and O–H groups in total. The first kappa shape index (κ1) is 27.4. The molecule has 3 aromatic heterocycles. The molecule has 3 aliphatic rings. The number of nitrogens with zero attached hydrogens (tertiary/aromatic N) is 6. The van der Waals surface area contributed by atoms with E-state index in [0.717, 1.165) is 61.3 Å². The van der Waals surface area contributed by atoms with E-state index in [-0.39, 0.29) is 17.0 Å². The van der Waals surface area contributed by atoms with Gasteiger partial charge in [0.15, 0.2) is 11.2 Å². The minimum atomic E-state index is -2.73. The van der Waals surface area contributed by atoms with Gasteiger partial charge < -0.3 is 14.2 Å². The Morgan fingerprint density at radius 1 is 1.11 bits per heavy atom. The van der Waals surface area contributed by atoms with Crippen LogP contribution in [0.1, 0.15) is 54.2 Å². The van der Waals surface area contributed by atoms with Crippen LogP contribution in [-0.2, 0) is 21.5 Å². The maximum Gasteiger partial charge on any atom is 0.264 e. The van der Waals surface area contributed by atoms with Crippen LogP contribution in [-0.4, -0.2) is 56.5 Å². The topological polar surface area (TPSA) is 90.1 Å².